The maximum absolute atomic E-state index is 10.5. The van der Waals surface area contributed by atoms with Crippen molar-refractivity contribution in [3.05, 3.63) is 30.6 Å². The second-order valence-corrected chi connectivity index (χ2v) is 3.96. The molecule has 20 heavy (non-hydrogen) atoms. The van der Waals surface area contributed by atoms with Crippen LogP contribution < -0.4 is 9.67 Å². The van der Waals surface area contributed by atoms with Crippen LogP contribution in [-0.2, 0) is 17.9 Å². The second kappa shape index (κ2) is 6.40. The lowest BCUT2D eigenvalue weighted by Gasteiger charge is -2.03. The summed E-state index contributed by atoms with van der Waals surface area (Å²) in [6.07, 6.45) is -3.01. The number of rotatable bonds is 2. The summed E-state index contributed by atoms with van der Waals surface area (Å²) in [4.78, 5) is 8.78. The van der Waals surface area contributed by atoms with Gasteiger partial charge in [-0.15, -0.1) is 0 Å². The minimum atomic E-state index is -5.19. The normalized spacial score (nSPS) is 11.1. The van der Waals surface area contributed by atoms with Gasteiger partial charge in [0, 0.05) is 0 Å². The number of benzene rings is 1. The molecule has 0 saturated carbocycles. The molecule has 0 amide bonds. The van der Waals surface area contributed by atoms with E-state index in [1.807, 2.05) is 0 Å². The smallest absolute Gasteiger partial charge is 0.430 e. The van der Waals surface area contributed by atoms with E-state index in [0.29, 0.717) is 0 Å². The first-order valence-electron chi connectivity index (χ1n) is 6.06. The number of halogens is 3. The van der Waals surface area contributed by atoms with Crippen molar-refractivity contribution in [2.24, 2.45) is 0 Å². The van der Waals surface area contributed by atoms with Gasteiger partial charge in [0.15, 0.2) is 11.0 Å². The summed E-state index contributed by atoms with van der Waals surface area (Å²) < 4.78 is 36.1. The Morgan fingerprint density at radius 2 is 1.85 bits per heavy atom. The minimum absolute atomic E-state index is 1.04. The van der Waals surface area contributed by atoms with Gasteiger partial charge in [0.25, 0.3) is 0 Å². The van der Waals surface area contributed by atoms with Gasteiger partial charge in [-0.1, -0.05) is 12.1 Å². The van der Waals surface area contributed by atoms with Gasteiger partial charge < -0.3 is 9.90 Å². The van der Waals surface area contributed by atoms with E-state index in [0.717, 1.165) is 13.1 Å². The number of carboxylic acids is 1. The third-order valence-corrected chi connectivity index (χ3v) is 2.69. The molecule has 0 saturated heterocycles. The van der Waals surface area contributed by atoms with E-state index >= 15 is 0 Å². The summed E-state index contributed by atoms with van der Waals surface area (Å²) in [7, 11) is 0. The zero-order valence-corrected chi connectivity index (χ0v) is 11.1. The van der Waals surface area contributed by atoms with Gasteiger partial charge in [-0.3, -0.25) is 0 Å². The predicted octanol–water partition coefficient (Wildman–Crippen LogP) is 1.27. The Morgan fingerprint density at radius 3 is 2.30 bits per heavy atom. The number of nitrogens with zero attached hydrogens (tertiary/aromatic N) is 2. The zero-order chi connectivity index (χ0) is 15.3. The third-order valence-electron chi connectivity index (χ3n) is 2.69. The minimum Gasteiger partial charge on any atom is -0.542 e. The van der Waals surface area contributed by atoms with Crippen LogP contribution in [0.3, 0.4) is 0 Å². The molecule has 7 heteroatoms. The maximum atomic E-state index is 10.5. The highest BCUT2D eigenvalue weighted by molar-refractivity contribution is 5.71. The molecule has 4 nitrogen and oxygen atoms in total. The molecular formula is C13H15F3N2O2. The first kappa shape index (κ1) is 16.0. The van der Waals surface area contributed by atoms with Crippen molar-refractivity contribution in [2.45, 2.75) is 33.1 Å². The monoisotopic (exact) mass is 288 g/mol. The molecule has 0 spiro atoms. The Hall–Kier alpha value is -2.05. The van der Waals surface area contributed by atoms with E-state index in [9.17, 15) is 13.2 Å². The maximum Gasteiger partial charge on any atom is 0.430 e. The quantitative estimate of drug-likeness (QED) is 0.781. The van der Waals surface area contributed by atoms with E-state index in [-0.39, 0.29) is 0 Å². The van der Waals surface area contributed by atoms with Gasteiger partial charge in [0.2, 0.25) is 6.33 Å². The molecule has 1 aromatic carbocycles. The third kappa shape index (κ3) is 3.72. The molecule has 0 aliphatic carbocycles. The van der Waals surface area contributed by atoms with E-state index in [2.05, 4.69) is 53.6 Å². The van der Waals surface area contributed by atoms with E-state index in [4.69, 9.17) is 9.90 Å². The van der Waals surface area contributed by atoms with Gasteiger partial charge in [-0.2, -0.15) is 13.2 Å². The number of imidazole rings is 1. The van der Waals surface area contributed by atoms with E-state index in [1.165, 1.54) is 11.0 Å². The molecular weight excluding hydrogens is 273 g/mol. The summed E-state index contributed by atoms with van der Waals surface area (Å²) >= 11 is 0. The van der Waals surface area contributed by atoms with Gasteiger partial charge >= 0.3 is 6.18 Å². The second-order valence-electron chi connectivity index (χ2n) is 3.96. The molecule has 0 N–H and O–H groups in total. The molecule has 1 aromatic heterocycles. The summed E-state index contributed by atoms with van der Waals surface area (Å²) in [6.45, 7) is 6.42. The van der Waals surface area contributed by atoms with E-state index < -0.39 is 12.1 Å². The zero-order valence-electron chi connectivity index (χ0n) is 11.1. The fourth-order valence-corrected chi connectivity index (χ4v) is 1.75. The van der Waals surface area contributed by atoms with Gasteiger partial charge in [0.1, 0.15) is 5.97 Å². The van der Waals surface area contributed by atoms with Crippen LogP contribution in [0.4, 0.5) is 13.2 Å². The van der Waals surface area contributed by atoms with Crippen molar-refractivity contribution >= 4 is 17.0 Å². The summed E-state index contributed by atoms with van der Waals surface area (Å²) in [5, 5.41) is 8.78. The standard InChI is InChI=1S/C11H15N2.C2HF3O2/c1-3-12-9-13(4-2)11-8-6-5-7-10(11)12;3-2(4,5)1(6)7/h5-9H,3-4H2,1-2H3;(H,6,7)/q+1;/p-1. The predicted molar refractivity (Wildman–Crippen MR) is 64.5 cm³/mol. The Kier molecular flexibility index (Phi) is 5.12. The van der Waals surface area contributed by atoms with Crippen molar-refractivity contribution in [1.29, 1.82) is 0 Å². The number of carbonyl (C=O) groups is 1. The highest BCUT2D eigenvalue weighted by atomic mass is 19.4. The molecule has 2 rings (SSSR count). The SMILES string of the molecule is CCn1c[n+](CC)c2ccccc21.O=C([O-])C(F)(F)F. The lowest BCUT2D eigenvalue weighted by atomic mass is 10.3. The fourth-order valence-electron chi connectivity index (χ4n) is 1.75. The first-order valence-corrected chi connectivity index (χ1v) is 6.06. The van der Waals surface area contributed by atoms with Crippen molar-refractivity contribution in [2.75, 3.05) is 0 Å². The molecule has 0 aliphatic heterocycles. The molecule has 0 unspecified atom stereocenters. The average Bonchev–Trinajstić information content (AvgIpc) is 2.76. The molecule has 0 aliphatic rings. The number of carbonyl (C=O) groups excluding carboxylic acids is 1. The Bertz CT molecular complexity index is 553. The van der Waals surface area contributed by atoms with Crippen LogP contribution in [0, 0.1) is 0 Å². The summed E-state index contributed by atoms with van der Waals surface area (Å²) in [5.74, 6) is -3.01. The van der Waals surface area contributed by atoms with Crippen molar-refractivity contribution in [3.63, 3.8) is 0 Å². The van der Waals surface area contributed by atoms with Crippen molar-refractivity contribution in [3.8, 4) is 0 Å². The average molecular weight is 288 g/mol. The van der Waals surface area contributed by atoms with Gasteiger partial charge in [0.05, 0.1) is 13.1 Å². The number of aryl methyl sites for hydroxylation is 2. The molecule has 0 fully saturated rings. The van der Waals surface area contributed by atoms with Crippen LogP contribution in [-0.4, -0.2) is 16.7 Å². The number of hydrogen-bond donors (Lipinski definition) is 0. The summed E-state index contributed by atoms with van der Waals surface area (Å²) in [5.41, 5.74) is 2.65. The summed E-state index contributed by atoms with van der Waals surface area (Å²) in [6, 6.07) is 8.53. The molecule has 1 heterocycles. The fraction of sp³-hybridized carbons (Fsp3) is 0.385. The van der Waals surface area contributed by atoms with Crippen LogP contribution in [0.25, 0.3) is 11.0 Å². The van der Waals surface area contributed by atoms with Crippen molar-refractivity contribution < 1.29 is 27.6 Å². The number of aromatic nitrogens is 2. The van der Waals surface area contributed by atoms with Crippen LogP contribution in [0.5, 0.6) is 0 Å². The van der Waals surface area contributed by atoms with Crippen LogP contribution >= 0.6 is 0 Å². The van der Waals surface area contributed by atoms with Crippen molar-refractivity contribution in [1.82, 2.24) is 4.57 Å². The Labute approximate surface area is 114 Å². The molecule has 0 atom stereocenters. The highest BCUT2D eigenvalue weighted by Gasteiger charge is 2.28. The van der Waals surface area contributed by atoms with Crippen LogP contribution in [0.1, 0.15) is 13.8 Å². The lowest BCUT2D eigenvalue weighted by molar-refractivity contribution is -0.668. The molecule has 0 bridgehead atoms. The highest BCUT2D eigenvalue weighted by Crippen LogP contribution is 2.11. The van der Waals surface area contributed by atoms with Crippen LogP contribution in [0.2, 0.25) is 0 Å². The number of fused-ring (bicyclic) bond motifs is 1. The van der Waals surface area contributed by atoms with Gasteiger partial charge in [-0.25, -0.2) is 9.13 Å². The largest absolute Gasteiger partial charge is 0.542 e. The molecule has 110 valence electrons. The Morgan fingerprint density at radius 1 is 1.30 bits per heavy atom. The van der Waals surface area contributed by atoms with Crippen LogP contribution in [0.15, 0.2) is 30.6 Å². The van der Waals surface area contributed by atoms with E-state index in [1.54, 1.807) is 0 Å². The molecule has 2 aromatic rings. The lowest BCUT2D eigenvalue weighted by Crippen LogP contribution is -2.37. The number of aliphatic carboxylic acids is 1. The number of para-hydroxylation sites is 2. The topological polar surface area (TPSA) is 48.9 Å². The molecule has 0 radical (unpaired) electrons. The number of hydrogen-bond acceptors (Lipinski definition) is 2. The van der Waals surface area contributed by atoms with Gasteiger partial charge in [-0.05, 0) is 26.0 Å². The first-order chi connectivity index (χ1) is 9.31. The number of carboxylic acid groups (broad SMARTS) is 1. The number of alkyl halides is 3. The Balaban J connectivity index is 0.000000246.